The summed E-state index contributed by atoms with van der Waals surface area (Å²) >= 11 is 6.06. The fraction of sp³-hybridized carbons (Fsp3) is 0.200. The van der Waals surface area contributed by atoms with E-state index in [4.69, 9.17) is 16.7 Å². The lowest BCUT2D eigenvalue weighted by Crippen LogP contribution is -1.96. The van der Waals surface area contributed by atoms with Crippen LogP contribution in [0, 0.1) is 0 Å². The summed E-state index contributed by atoms with van der Waals surface area (Å²) in [4.78, 5) is 0.297. The Hall–Kier alpha value is -1.36. The van der Waals surface area contributed by atoms with Crippen molar-refractivity contribution in [2.75, 3.05) is 12.9 Å². The van der Waals surface area contributed by atoms with E-state index in [0.717, 1.165) is 16.7 Å². The van der Waals surface area contributed by atoms with Gasteiger partial charge in [0, 0.05) is 17.9 Å². The fourth-order valence-corrected chi connectivity index (χ4v) is 2.80. The van der Waals surface area contributed by atoms with E-state index in [9.17, 15) is 8.42 Å². The van der Waals surface area contributed by atoms with Crippen LogP contribution in [0.5, 0.6) is 0 Å². The summed E-state index contributed by atoms with van der Waals surface area (Å²) in [5.41, 5.74) is 2.73. The van der Waals surface area contributed by atoms with Crippen molar-refractivity contribution in [2.24, 2.45) is 0 Å². The molecule has 0 aliphatic carbocycles. The topological polar surface area (TPSA) is 54.4 Å². The van der Waals surface area contributed by atoms with E-state index < -0.39 is 9.84 Å². The maximum absolute atomic E-state index is 11.4. The highest BCUT2D eigenvalue weighted by molar-refractivity contribution is 7.90. The van der Waals surface area contributed by atoms with Gasteiger partial charge in [0.1, 0.15) is 0 Å². The van der Waals surface area contributed by atoms with Crippen molar-refractivity contribution in [3.05, 3.63) is 53.1 Å². The smallest absolute Gasteiger partial charge is 0.175 e. The highest BCUT2D eigenvalue weighted by Crippen LogP contribution is 2.26. The molecule has 2 rings (SSSR count). The van der Waals surface area contributed by atoms with Crippen LogP contribution in [0.2, 0.25) is 5.02 Å². The van der Waals surface area contributed by atoms with Crippen molar-refractivity contribution in [1.82, 2.24) is 0 Å². The van der Waals surface area contributed by atoms with Crippen LogP contribution >= 0.6 is 11.6 Å². The molecule has 106 valence electrons. The first-order valence-corrected chi connectivity index (χ1v) is 8.38. The second-order valence-corrected chi connectivity index (χ2v) is 7.00. The van der Waals surface area contributed by atoms with E-state index in [1.807, 2.05) is 12.1 Å². The van der Waals surface area contributed by atoms with Gasteiger partial charge in [-0.05, 0) is 47.4 Å². The molecule has 20 heavy (non-hydrogen) atoms. The summed E-state index contributed by atoms with van der Waals surface area (Å²) in [6.07, 6.45) is 1.68. The molecule has 3 nitrogen and oxygen atoms in total. The highest BCUT2D eigenvalue weighted by Gasteiger charge is 2.08. The van der Waals surface area contributed by atoms with Gasteiger partial charge in [-0.1, -0.05) is 29.8 Å². The van der Waals surface area contributed by atoms with Crippen molar-refractivity contribution in [3.63, 3.8) is 0 Å². The zero-order valence-electron chi connectivity index (χ0n) is 11.0. The van der Waals surface area contributed by atoms with Crippen LogP contribution in [0.1, 0.15) is 5.56 Å². The van der Waals surface area contributed by atoms with Gasteiger partial charge in [-0.3, -0.25) is 0 Å². The molecule has 0 fully saturated rings. The average molecular weight is 311 g/mol. The molecule has 0 bridgehead atoms. The Labute approximate surface area is 123 Å². The summed E-state index contributed by atoms with van der Waals surface area (Å²) in [5.74, 6) is 0. The van der Waals surface area contributed by atoms with Gasteiger partial charge < -0.3 is 5.11 Å². The number of halogens is 1. The minimum absolute atomic E-state index is 0.0379. The van der Waals surface area contributed by atoms with Crippen molar-refractivity contribution in [3.8, 4) is 11.1 Å². The Morgan fingerprint density at radius 1 is 1.05 bits per heavy atom. The van der Waals surface area contributed by atoms with E-state index in [1.54, 1.807) is 30.3 Å². The summed E-state index contributed by atoms with van der Waals surface area (Å²) in [7, 11) is -3.18. The molecule has 0 saturated heterocycles. The molecule has 2 aromatic rings. The SMILES string of the molecule is CS(=O)(=O)c1ccc(-c2ccc(Cl)c(CCO)c2)cc1. The minimum Gasteiger partial charge on any atom is -0.396 e. The van der Waals surface area contributed by atoms with Crippen LogP contribution in [0.4, 0.5) is 0 Å². The molecule has 0 heterocycles. The lowest BCUT2D eigenvalue weighted by Gasteiger charge is -2.07. The minimum atomic E-state index is -3.18. The van der Waals surface area contributed by atoms with Crippen molar-refractivity contribution in [1.29, 1.82) is 0 Å². The summed E-state index contributed by atoms with van der Waals surface area (Å²) in [6, 6.07) is 12.3. The highest BCUT2D eigenvalue weighted by atomic mass is 35.5. The molecular formula is C15H15ClO3S. The number of benzene rings is 2. The van der Waals surface area contributed by atoms with E-state index >= 15 is 0 Å². The first-order valence-electron chi connectivity index (χ1n) is 6.11. The van der Waals surface area contributed by atoms with Gasteiger partial charge in [0.05, 0.1) is 4.90 Å². The zero-order valence-corrected chi connectivity index (χ0v) is 12.6. The molecule has 0 aromatic heterocycles. The van der Waals surface area contributed by atoms with Crippen LogP contribution < -0.4 is 0 Å². The number of rotatable bonds is 4. The van der Waals surface area contributed by atoms with Crippen molar-refractivity contribution in [2.45, 2.75) is 11.3 Å². The Kier molecular flexibility index (Phi) is 4.48. The number of aliphatic hydroxyl groups excluding tert-OH is 1. The molecule has 0 saturated carbocycles. The number of aliphatic hydroxyl groups is 1. The average Bonchev–Trinajstić information content (AvgIpc) is 2.41. The third-order valence-corrected chi connectivity index (χ3v) is 4.54. The maximum atomic E-state index is 11.4. The molecule has 0 spiro atoms. The quantitative estimate of drug-likeness (QED) is 0.944. The second-order valence-electron chi connectivity index (χ2n) is 4.58. The third-order valence-electron chi connectivity index (χ3n) is 3.04. The van der Waals surface area contributed by atoms with Crippen LogP contribution in [-0.4, -0.2) is 26.4 Å². The molecule has 2 aromatic carbocycles. The summed E-state index contributed by atoms with van der Waals surface area (Å²) in [6.45, 7) is 0.0379. The molecule has 0 aliphatic rings. The van der Waals surface area contributed by atoms with Gasteiger partial charge in [-0.25, -0.2) is 8.42 Å². The molecule has 1 N–H and O–H groups in total. The van der Waals surface area contributed by atoms with Crippen LogP contribution in [-0.2, 0) is 16.3 Å². The van der Waals surface area contributed by atoms with Crippen LogP contribution in [0.25, 0.3) is 11.1 Å². The Morgan fingerprint density at radius 3 is 2.20 bits per heavy atom. The van der Waals surface area contributed by atoms with Crippen LogP contribution in [0.3, 0.4) is 0 Å². The number of sulfone groups is 1. The largest absolute Gasteiger partial charge is 0.396 e. The van der Waals surface area contributed by atoms with E-state index in [-0.39, 0.29) is 6.61 Å². The van der Waals surface area contributed by atoms with Crippen molar-refractivity contribution < 1.29 is 13.5 Å². The van der Waals surface area contributed by atoms with Gasteiger partial charge in [0.2, 0.25) is 0 Å². The first-order chi connectivity index (χ1) is 9.41. The van der Waals surface area contributed by atoms with Gasteiger partial charge in [0.25, 0.3) is 0 Å². The summed E-state index contributed by atoms with van der Waals surface area (Å²) in [5, 5.41) is 9.63. The lowest BCUT2D eigenvalue weighted by atomic mass is 10.0. The number of hydrogen-bond donors (Lipinski definition) is 1. The maximum Gasteiger partial charge on any atom is 0.175 e. The van der Waals surface area contributed by atoms with Gasteiger partial charge in [-0.2, -0.15) is 0 Å². The Balaban J connectivity index is 2.39. The second kappa shape index (κ2) is 5.95. The first kappa shape index (κ1) is 15.0. The molecule has 0 radical (unpaired) electrons. The Morgan fingerprint density at radius 2 is 1.65 bits per heavy atom. The van der Waals surface area contributed by atoms with E-state index in [2.05, 4.69) is 0 Å². The van der Waals surface area contributed by atoms with E-state index in [1.165, 1.54) is 6.26 Å². The molecule has 0 atom stereocenters. The molecular weight excluding hydrogens is 296 g/mol. The van der Waals surface area contributed by atoms with Crippen molar-refractivity contribution >= 4 is 21.4 Å². The van der Waals surface area contributed by atoms with Gasteiger partial charge >= 0.3 is 0 Å². The lowest BCUT2D eigenvalue weighted by molar-refractivity contribution is 0.299. The third kappa shape index (κ3) is 3.39. The monoisotopic (exact) mass is 310 g/mol. The van der Waals surface area contributed by atoms with Crippen LogP contribution in [0.15, 0.2) is 47.4 Å². The standard InChI is InChI=1S/C15H15ClO3S/c1-20(18,19)14-5-2-11(3-6-14)12-4-7-15(16)13(10-12)8-9-17/h2-7,10,17H,8-9H2,1H3. The normalized spacial score (nSPS) is 11.6. The Bertz CT molecular complexity index is 706. The fourth-order valence-electron chi connectivity index (χ4n) is 1.96. The predicted octanol–water partition coefficient (Wildman–Crippen LogP) is 2.95. The zero-order chi connectivity index (χ0) is 14.8. The van der Waals surface area contributed by atoms with E-state index in [0.29, 0.717) is 16.3 Å². The van der Waals surface area contributed by atoms with Gasteiger partial charge in [0.15, 0.2) is 9.84 Å². The molecule has 0 amide bonds. The van der Waals surface area contributed by atoms with Gasteiger partial charge in [-0.15, -0.1) is 0 Å². The molecule has 0 unspecified atom stereocenters. The summed E-state index contributed by atoms with van der Waals surface area (Å²) < 4.78 is 22.8. The molecule has 5 heteroatoms. The predicted molar refractivity (Wildman–Crippen MR) is 80.8 cm³/mol. The molecule has 0 aliphatic heterocycles. The number of hydrogen-bond acceptors (Lipinski definition) is 3.